The zero-order chi connectivity index (χ0) is 34.9. The molecule has 10 nitrogen and oxygen atoms in total. The first-order valence-electron chi connectivity index (χ1n) is 17.4. The molecule has 0 aromatic carbocycles. The molecule has 0 unspecified atom stereocenters. The summed E-state index contributed by atoms with van der Waals surface area (Å²) in [4.78, 5) is 27.0. The number of hydrogen-bond acceptors (Lipinski definition) is 8. The maximum Gasteiger partial charge on any atom is 0.410 e. The summed E-state index contributed by atoms with van der Waals surface area (Å²) in [5.74, 6) is 1.06. The first-order chi connectivity index (χ1) is 22.5. The van der Waals surface area contributed by atoms with Crippen molar-refractivity contribution in [2.75, 3.05) is 31.6 Å². The van der Waals surface area contributed by atoms with Crippen molar-refractivity contribution in [1.29, 1.82) is 0 Å². The van der Waals surface area contributed by atoms with Gasteiger partial charge in [-0.25, -0.2) is 14.8 Å². The van der Waals surface area contributed by atoms with Crippen LogP contribution in [-0.2, 0) is 14.2 Å². The van der Waals surface area contributed by atoms with Crippen molar-refractivity contribution in [3.8, 4) is 11.1 Å². The average molecular weight is 715 g/mol. The molecule has 2 fully saturated rings. The topological polar surface area (TPSA) is 94.3 Å². The van der Waals surface area contributed by atoms with Crippen LogP contribution in [0.4, 0.5) is 10.6 Å². The van der Waals surface area contributed by atoms with E-state index in [1.165, 1.54) is 0 Å². The van der Waals surface area contributed by atoms with Crippen LogP contribution in [-0.4, -0.2) is 91.1 Å². The second kappa shape index (κ2) is 14.8. The molecular weight excluding hydrogens is 660 g/mol. The van der Waals surface area contributed by atoms with Gasteiger partial charge in [0.1, 0.15) is 30.0 Å². The maximum absolute atomic E-state index is 13.2. The van der Waals surface area contributed by atoms with E-state index >= 15 is 0 Å². The van der Waals surface area contributed by atoms with Crippen LogP contribution >= 0.6 is 11.6 Å². The van der Waals surface area contributed by atoms with Crippen LogP contribution in [0.25, 0.3) is 16.8 Å². The molecule has 264 valence electrons. The van der Waals surface area contributed by atoms with Crippen molar-refractivity contribution in [1.82, 2.24) is 24.5 Å². The van der Waals surface area contributed by atoms with E-state index in [0.29, 0.717) is 31.8 Å². The summed E-state index contributed by atoms with van der Waals surface area (Å²) in [6, 6.07) is 8.34. The van der Waals surface area contributed by atoms with Gasteiger partial charge in [-0.15, -0.1) is 0 Å². The van der Waals surface area contributed by atoms with Gasteiger partial charge in [-0.05, 0) is 70.7 Å². The molecule has 48 heavy (non-hydrogen) atoms. The Bertz CT molecular complexity index is 1510. The number of amides is 1. The van der Waals surface area contributed by atoms with Crippen LogP contribution in [0.1, 0.15) is 58.1 Å². The fraction of sp³-hybridized carbons (Fsp3) is 0.657. The number of rotatable bonds is 13. The minimum Gasteiger partial charge on any atom is -0.444 e. The Morgan fingerprint density at radius 1 is 0.958 bits per heavy atom. The molecular formula is C35H55ClN6O4Si2. The summed E-state index contributed by atoms with van der Waals surface area (Å²) in [6.07, 6.45) is 7.04. The molecule has 3 atom stereocenters. The van der Waals surface area contributed by atoms with Gasteiger partial charge in [0.15, 0.2) is 5.65 Å². The number of ether oxygens (including phenoxy) is 3. The molecule has 0 radical (unpaired) electrons. The van der Waals surface area contributed by atoms with Crippen LogP contribution in [0, 0.1) is 0 Å². The lowest BCUT2D eigenvalue weighted by molar-refractivity contribution is 0.00569. The first-order valence-corrected chi connectivity index (χ1v) is 25.2. The summed E-state index contributed by atoms with van der Waals surface area (Å²) < 4.78 is 20.4. The summed E-state index contributed by atoms with van der Waals surface area (Å²) in [7, 11) is -2.52. The molecule has 0 aliphatic carbocycles. The third-order valence-corrected chi connectivity index (χ3v) is 12.7. The number of halogens is 1. The van der Waals surface area contributed by atoms with Gasteiger partial charge < -0.3 is 24.0 Å². The minimum absolute atomic E-state index is 0.126. The van der Waals surface area contributed by atoms with E-state index in [-0.39, 0.29) is 24.1 Å². The Morgan fingerprint density at radius 2 is 1.56 bits per heavy atom. The highest BCUT2D eigenvalue weighted by Gasteiger charge is 2.45. The third kappa shape index (κ3) is 9.59. The summed E-state index contributed by atoms with van der Waals surface area (Å²) >= 11 is 6.15. The molecule has 3 aromatic rings. The molecule has 1 amide bonds. The van der Waals surface area contributed by atoms with Crippen molar-refractivity contribution in [2.24, 2.45) is 0 Å². The zero-order valence-corrected chi connectivity index (χ0v) is 33.1. The van der Waals surface area contributed by atoms with Crippen LogP contribution in [0.3, 0.4) is 0 Å². The Kier molecular flexibility index (Phi) is 11.3. The number of aromatic nitrogens is 4. The highest BCUT2D eigenvalue weighted by atomic mass is 35.5. The van der Waals surface area contributed by atoms with E-state index in [1.54, 1.807) is 12.3 Å². The molecule has 3 aromatic heterocycles. The number of piperidine rings is 1. The molecule has 5 heterocycles. The number of anilines is 1. The Morgan fingerprint density at radius 3 is 2.08 bits per heavy atom. The summed E-state index contributed by atoms with van der Waals surface area (Å²) in [6.45, 7) is 22.1. The van der Waals surface area contributed by atoms with E-state index in [0.717, 1.165) is 66.1 Å². The van der Waals surface area contributed by atoms with E-state index in [1.807, 2.05) is 42.4 Å². The lowest BCUT2D eigenvalue weighted by Gasteiger charge is -2.39. The molecule has 5 rings (SSSR count). The Labute approximate surface area is 293 Å². The standard InChI is InChI=1S/C35H55ClN6O4Si2/c1-35(2,3)46-34(43)41-27-11-12-28(41)19-26(18-27)30-20-32(42-33(39-30)29(22-38-42)25-10-13-31(36)37-21-25)40(23-44-14-16-47(4,5)6)24-45-15-17-48(7,8)9/h10,13,20-22,26-28H,11-12,14-19,23-24H2,1-9H3/t26-,27-,28+. The van der Waals surface area contributed by atoms with Crippen molar-refractivity contribution in [2.45, 2.75) is 121 Å². The van der Waals surface area contributed by atoms with Crippen LogP contribution < -0.4 is 4.90 Å². The number of carbonyl (C=O) groups excluding carboxylic acids is 1. The largest absolute Gasteiger partial charge is 0.444 e. The van der Waals surface area contributed by atoms with Gasteiger partial charge in [-0.1, -0.05) is 50.9 Å². The minimum atomic E-state index is -1.26. The van der Waals surface area contributed by atoms with Gasteiger partial charge in [0.2, 0.25) is 0 Å². The summed E-state index contributed by atoms with van der Waals surface area (Å²) in [5.41, 5.74) is 3.00. The quantitative estimate of drug-likeness (QED) is 0.0753. The van der Waals surface area contributed by atoms with Crippen LogP contribution in [0.15, 0.2) is 30.6 Å². The lowest BCUT2D eigenvalue weighted by atomic mass is 9.88. The molecule has 13 heteroatoms. The molecule has 2 aliphatic heterocycles. The van der Waals surface area contributed by atoms with Gasteiger partial charge >= 0.3 is 6.09 Å². The maximum atomic E-state index is 13.2. The number of hydrogen-bond donors (Lipinski definition) is 0. The number of carbonyl (C=O) groups is 1. The smallest absolute Gasteiger partial charge is 0.410 e. The van der Waals surface area contributed by atoms with Crippen molar-refractivity contribution >= 4 is 45.3 Å². The van der Waals surface area contributed by atoms with E-state index < -0.39 is 21.7 Å². The van der Waals surface area contributed by atoms with E-state index in [2.05, 4.69) is 55.2 Å². The second-order valence-corrected chi connectivity index (χ2v) is 28.5. The van der Waals surface area contributed by atoms with Gasteiger partial charge in [-0.2, -0.15) is 9.61 Å². The third-order valence-electron chi connectivity index (χ3n) is 9.08. The molecule has 0 saturated carbocycles. The monoisotopic (exact) mass is 714 g/mol. The van der Waals surface area contributed by atoms with Crippen LogP contribution in [0.5, 0.6) is 0 Å². The number of pyridine rings is 1. The highest BCUT2D eigenvalue weighted by Crippen LogP contribution is 2.44. The van der Waals surface area contributed by atoms with Crippen LogP contribution in [0.2, 0.25) is 56.5 Å². The molecule has 2 aliphatic rings. The highest BCUT2D eigenvalue weighted by molar-refractivity contribution is 6.76. The zero-order valence-electron chi connectivity index (χ0n) is 30.4. The predicted molar refractivity (Wildman–Crippen MR) is 199 cm³/mol. The average Bonchev–Trinajstić information content (AvgIpc) is 3.52. The van der Waals surface area contributed by atoms with Crippen molar-refractivity contribution < 1.29 is 19.0 Å². The summed E-state index contributed by atoms with van der Waals surface area (Å²) in [5, 5.41) is 5.29. The number of fused-ring (bicyclic) bond motifs is 3. The van der Waals surface area contributed by atoms with Gasteiger partial charge in [0, 0.05) is 76.4 Å². The Balaban J connectivity index is 1.50. The van der Waals surface area contributed by atoms with Gasteiger partial charge in [0.25, 0.3) is 0 Å². The second-order valence-electron chi connectivity index (χ2n) is 16.9. The van der Waals surface area contributed by atoms with E-state index in [4.69, 9.17) is 35.9 Å². The normalized spacial score (nSPS) is 20.0. The molecule has 2 saturated heterocycles. The molecule has 0 N–H and O–H groups in total. The fourth-order valence-electron chi connectivity index (χ4n) is 6.45. The Hall–Kier alpha value is -2.52. The predicted octanol–water partition coefficient (Wildman–Crippen LogP) is 8.52. The van der Waals surface area contributed by atoms with Crippen molar-refractivity contribution in [3.63, 3.8) is 0 Å². The SMILES string of the molecule is CC(C)(C)OC(=O)N1[C@@H]2CC[C@H]1C[C@H](c1cc(N(COCC[Si](C)(C)C)COCC[Si](C)(C)C)n3ncc(-c4ccc(Cl)nc4)c3n1)C2. The van der Waals surface area contributed by atoms with Gasteiger partial charge in [-0.3, -0.25) is 0 Å². The molecule has 2 bridgehead atoms. The fourth-order valence-corrected chi connectivity index (χ4v) is 8.07. The van der Waals surface area contributed by atoms with Gasteiger partial charge in [0.05, 0.1) is 6.20 Å². The van der Waals surface area contributed by atoms with Crippen molar-refractivity contribution in [3.05, 3.63) is 41.4 Å². The number of nitrogens with zero attached hydrogens (tertiary/aromatic N) is 6. The first kappa shape index (κ1) is 36.8. The molecule has 0 spiro atoms. The lowest BCUT2D eigenvalue weighted by Crippen LogP contribution is -2.48. The van der Waals surface area contributed by atoms with E-state index in [9.17, 15) is 4.79 Å².